The number of esters is 2. The Kier molecular flexibility index (Phi) is 9.12. The van der Waals surface area contributed by atoms with Gasteiger partial charge in [-0.15, -0.1) is 0 Å². The highest BCUT2D eigenvalue weighted by Crippen LogP contribution is 2.09. The van der Waals surface area contributed by atoms with Gasteiger partial charge in [-0.25, -0.2) is 4.79 Å². The van der Waals surface area contributed by atoms with Crippen LogP contribution in [0.25, 0.3) is 0 Å². The Morgan fingerprint density at radius 3 is 2.42 bits per heavy atom. The van der Waals surface area contributed by atoms with E-state index in [1.807, 2.05) is 0 Å². The first-order valence-corrected chi connectivity index (χ1v) is 6.15. The Bertz CT molecular complexity index is 323. The molecule has 0 bridgehead atoms. The van der Waals surface area contributed by atoms with E-state index >= 15 is 0 Å². The van der Waals surface area contributed by atoms with E-state index in [2.05, 4.69) is 6.58 Å². The zero-order valence-electron chi connectivity index (χ0n) is 11.1. The number of carbonyl (C=O) groups is 3. The van der Waals surface area contributed by atoms with Gasteiger partial charge in [-0.1, -0.05) is 13.5 Å². The normalized spacial score (nSPS) is 11.4. The quantitative estimate of drug-likeness (QED) is 0.368. The van der Waals surface area contributed by atoms with Gasteiger partial charge in [-0.05, 0) is 12.8 Å². The predicted octanol–water partition coefficient (Wildman–Crippen LogP) is 1.54. The fourth-order valence-electron chi connectivity index (χ4n) is 1.28. The third-order valence-electron chi connectivity index (χ3n) is 2.37. The Morgan fingerprint density at radius 1 is 1.21 bits per heavy atom. The number of carboxylic acid groups (broad SMARTS) is 1. The summed E-state index contributed by atoms with van der Waals surface area (Å²) >= 11 is 0. The smallest absolute Gasteiger partial charge is 0.330 e. The molecule has 108 valence electrons. The van der Waals surface area contributed by atoms with Gasteiger partial charge in [0.05, 0.1) is 19.1 Å². The molecule has 0 amide bonds. The molecule has 0 spiro atoms. The molecule has 1 unspecified atom stereocenters. The number of hydrogen-bond donors (Lipinski definition) is 1. The molecule has 1 atom stereocenters. The number of aliphatic carboxylic acids is 1. The van der Waals surface area contributed by atoms with Crippen LogP contribution in [0.15, 0.2) is 12.7 Å². The summed E-state index contributed by atoms with van der Waals surface area (Å²) in [5.74, 6) is -2.06. The molecule has 0 heterocycles. The van der Waals surface area contributed by atoms with Gasteiger partial charge < -0.3 is 14.6 Å². The molecule has 0 aliphatic heterocycles. The molecule has 0 aliphatic rings. The van der Waals surface area contributed by atoms with E-state index in [9.17, 15) is 14.4 Å². The molecule has 0 aliphatic carbocycles. The largest absolute Gasteiger partial charge is 0.481 e. The average molecular weight is 272 g/mol. The maximum Gasteiger partial charge on any atom is 0.330 e. The van der Waals surface area contributed by atoms with Gasteiger partial charge in [0.1, 0.15) is 0 Å². The van der Waals surface area contributed by atoms with Gasteiger partial charge in [-0.2, -0.15) is 0 Å². The van der Waals surface area contributed by atoms with Crippen molar-refractivity contribution >= 4 is 17.9 Å². The lowest BCUT2D eigenvalue weighted by atomic mass is 10.0. The van der Waals surface area contributed by atoms with E-state index in [-0.39, 0.29) is 31.5 Å². The molecule has 0 aromatic rings. The van der Waals surface area contributed by atoms with Crippen molar-refractivity contribution in [1.82, 2.24) is 0 Å². The summed E-state index contributed by atoms with van der Waals surface area (Å²) in [6.45, 7) is 5.29. The van der Waals surface area contributed by atoms with Crippen molar-refractivity contribution < 1.29 is 29.0 Å². The average Bonchev–Trinajstić information content (AvgIpc) is 2.37. The molecule has 0 radical (unpaired) electrons. The molecule has 0 saturated heterocycles. The number of ether oxygens (including phenoxy) is 2. The number of rotatable bonds is 10. The second kappa shape index (κ2) is 10.1. The van der Waals surface area contributed by atoms with Gasteiger partial charge in [0, 0.05) is 18.9 Å². The van der Waals surface area contributed by atoms with Gasteiger partial charge in [0.25, 0.3) is 0 Å². The SMILES string of the molecule is C=CC(=O)OCCCOC(=O)C(C)CCCC(=O)O. The molecular formula is C13H20O6. The van der Waals surface area contributed by atoms with Crippen molar-refractivity contribution in [2.24, 2.45) is 5.92 Å². The van der Waals surface area contributed by atoms with Crippen LogP contribution in [0.3, 0.4) is 0 Å². The van der Waals surface area contributed by atoms with Crippen LogP contribution in [-0.2, 0) is 23.9 Å². The molecule has 6 heteroatoms. The van der Waals surface area contributed by atoms with Crippen LogP contribution in [0.4, 0.5) is 0 Å². The minimum Gasteiger partial charge on any atom is -0.481 e. The van der Waals surface area contributed by atoms with Gasteiger partial charge >= 0.3 is 17.9 Å². The first kappa shape index (κ1) is 17.2. The maximum absolute atomic E-state index is 11.5. The standard InChI is InChI=1S/C13H20O6/c1-3-12(16)18-8-5-9-19-13(17)10(2)6-4-7-11(14)15/h3,10H,1,4-9H2,2H3,(H,14,15). The zero-order chi connectivity index (χ0) is 14.7. The zero-order valence-corrected chi connectivity index (χ0v) is 11.1. The van der Waals surface area contributed by atoms with Crippen molar-refractivity contribution in [3.05, 3.63) is 12.7 Å². The number of carbonyl (C=O) groups excluding carboxylic acids is 2. The highest BCUT2D eigenvalue weighted by atomic mass is 16.5. The summed E-state index contributed by atoms with van der Waals surface area (Å²) in [4.78, 5) is 32.5. The van der Waals surface area contributed by atoms with Crippen LogP contribution in [0, 0.1) is 5.92 Å². The van der Waals surface area contributed by atoms with Gasteiger partial charge in [0.15, 0.2) is 0 Å². The maximum atomic E-state index is 11.5. The Labute approximate surface area is 112 Å². The fraction of sp³-hybridized carbons (Fsp3) is 0.615. The van der Waals surface area contributed by atoms with Gasteiger partial charge in [-0.3, -0.25) is 9.59 Å². The van der Waals surface area contributed by atoms with E-state index in [4.69, 9.17) is 14.6 Å². The monoisotopic (exact) mass is 272 g/mol. The molecular weight excluding hydrogens is 252 g/mol. The summed E-state index contributed by atoms with van der Waals surface area (Å²) in [5.41, 5.74) is 0. The summed E-state index contributed by atoms with van der Waals surface area (Å²) < 4.78 is 9.68. The highest BCUT2D eigenvalue weighted by molar-refractivity contribution is 5.81. The number of carboxylic acids is 1. The second-order valence-electron chi connectivity index (χ2n) is 4.08. The second-order valence-corrected chi connectivity index (χ2v) is 4.08. The number of hydrogen-bond acceptors (Lipinski definition) is 5. The summed E-state index contributed by atoms with van der Waals surface area (Å²) in [5, 5.41) is 8.47. The summed E-state index contributed by atoms with van der Waals surface area (Å²) in [6.07, 6.45) is 2.47. The van der Waals surface area contributed by atoms with Crippen LogP contribution >= 0.6 is 0 Å². The van der Waals surface area contributed by atoms with E-state index in [1.165, 1.54) is 0 Å². The van der Waals surface area contributed by atoms with E-state index < -0.39 is 11.9 Å². The summed E-state index contributed by atoms with van der Waals surface area (Å²) in [7, 11) is 0. The molecule has 0 aromatic heterocycles. The van der Waals surface area contributed by atoms with Crippen molar-refractivity contribution in [3.63, 3.8) is 0 Å². The Balaban J connectivity index is 3.59. The van der Waals surface area contributed by atoms with Crippen molar-refractivity contribution in [3.8, 4) is 0 Å². The lowest BCUT2D eigenvalue weighted by Gasteiger charge is -2.10. The van der Waals surface area contributed by atoms with E-state index in [1.54, 1.807) is 6.92 Å². The first-order chi connectivity index (χ1) is 8.97. The summed E-state index contributed by atoms with van der Waals surface area (Å²) in [6, 6.07) is 0. The predicted molar refractivity (Wildman–Crippen MR) is 67.4 cm³/mol. The van der Waals surface area contributed by atoms with Crippen molar-refractivity contribution in [2.45, 2.75) is 32.6 Å². The van der Waals surface area contributed by atoms with Crippen LogP contribution in [0.1, 0.15) is 32.6 Å². The van der Waals surface area contributed by atoms with E-state index in [0.29, 0.717) is 19.3 Å². The van der Waals surface area contributed by atoms with Crippen molar-refractivity contribution in [1.29, 1.82) is 0 Å². The molecule has 0 fully saturated rings. The molecule has 0 aromatic carbocycles. The van der Waals surface area contributed by atoms with Crippen LogP contribution in [-0.4, -0.2) is 36.2 Å². The lowest BCUT2D eigenvalue weighted by molar-refractivity contribution is -0.149. The molecule has 19 heavy (non-hydrogen) atoms. The third kappa shape index (κ3) is 9.82. The minimum atomic E-state index is -0.871. The highest BCUT2D eigenvalue weighted by Gasteiger charge is 2.14. The van der Waals surface area contributed by atoms with Gasteiger partial charge in [0.2, 0.25) is 0 Å². The fourth-order valence-corrected chi connectivity index (χ4v) is 1.28. The molecule has 0 saturated carbocycles. The van der Waals surface area contributed by atoms with Crippen LogP contribution in [0.2, 0.25) is 0 Å². The van der Waals surface area contributed by atoms with Crippen molar-refractivity contribution in [2.75, 3.05) is 13.2 Å². The molecule has 0 rings (SSSR count). The Hall–Kier alpha value is -1.85. The van der Waals surface area contributed by atoms with Crippen LogP contribution < -0.4 is 0 Å². The van der Waals surface area contributed by atoms with Crippen LogP contribution in [0.5, 0.6) is 0 Å². The topological polar surface area (TPSA) is 89.9 Å². The molecule has 6 nitrogen and oxygen atoms in total. The minimum absolute atomic E-state index is 0.0507. The third-order valence-corrected chi connectivity index (χ3v) is 2.37. The first-order valence-electron chi connectivity index (χ1n) is 6.15. The lowest BCUT2D eigenvalue weighted by Crippen LogP contribution is -2.17. The molecule has 1 N–H and O–H groups in total. The Morgan fingerprint density at radius 2 is 1.84 bits per heavy atom. The van der Waals surface area contributed by atoms with E-state index in [0.717, 1.165) is 6.08 Å².